The number of nitrogen functional groups attached to an aromatic ring is 1. The van der Waals surface area contributed by atoms with E-state index in [0.29, 0.717) is 40.3 Å². The van der Waals surface area contributed by atoms with Gasteiger partial charge in [0.25, 0.3) is 0 Å². The third-order valence-corrected chi connectivity index (χ3v) is 3.94. The summed E-state index contributed by atoms with van der Waals surface area (Å²) >= 11 is 6.26. The summed E-state index contributed by atoms with van der Waals surface area (Å²) in [6.07, 6.45) is 1.12. The molecule has 0 saturated heterocycles. The zero-order valence-electron chi connectivity index (χ0n) is 13.5. The number of H-pyrrole nitrogens is 1. The molecule has 0 radical (unpaired) electrons. The topological polar surface area (TPSA) is 113 Å². The molecule has 7 nitrogen and oxygen atoms in total. The lowest BCUT2D eigenvalue weighted by atomic mass is 10.1. The Labute approximate surface area is 149 Å². The maximum atomic E-state index is 7.40. The van der Waals surface area contributed by atoms with E-state index in [4.69, 9.17) is 27.5 Å². The molecule has 2 aromatic carbocycles. The fourth-order valence-electron chi connectivity index (χ4n) is 2.29. The zero-order chi connectivity index (χ0) is 17.8. The van der Waals surface area contributed by atoms with Crippen molar-refractivity contribution >= 4 is 35.1 Å². The zero-order valence-corrected chi connectivity index (χ0v) is 14.3. The van der Waals surface area contributed by atoms with Crippen LogP contribution in [0, 0.1) is 5.41 Å². The number of hydrogen-bond donors (Lipinski definition) is 4. The van der Waals surface area contributed by atoms with E-state index in [1.165, 1.54) is 0 Å². The van der Waals surface area contributed by atoms with Crippen LogP contribution < -0.4 is 15.8 Å². The van der Waals surface area contributed by atoms with Crippen LogP contribution >= 0.6 is 11.6 Å². The second-order valence-corrected chi connectivity index (χ2v) is 5.54. The Hall–Kier alpha value is -3.06. The average molecular weight is 357 g/mol. The number of rotatable bonds is 6. The number of hydrogen-bond acceptors (Lipinski definition) is 6. The van der Waals surface area contributed by atoms with Gasteiger partial charge in [-0.05, 0) is 43.3 Å². The van der Waals surface area contributed by atoms with E-state index < -0.39 is 0 Å². The second-order valence-electron chi connectivity index (χ2n) is 5.16. The molecule has 3 rings (SSSR count). The van der Waals surface area contributed by atoms with Crippen molar-refractivity contribution in [1.29, 1.82) is 5.41 Å². The van der Waals surface area contributed by atoms with Crippen LogP contribution in [0.15, 0.2) is 36.4 Å². The van der Waals surface area contributed by atoms with Crippen LogP contribution in [0.4, 0.5) is 17.3 Å². The minimum atomic E-state index is 0.349. The van der Waals surface area contributed by atoms with Gasteiger partial charge in [0.15, 0.2) is 5.82 Å². The number of halogens is 1. The molecule has 0 atom stereocenters. The molecule has 0 spiro atoms. The lowest BCUT2D eigenvalue weighted by Crippen LogP contribution is -1.99. The van der Waals surface area contributed by atoms with Gasteiger partial charge in [-0.3, -0.25) is 5.10 Å². The van der Waals surface area contributed by atoms with Crippen LogP contribution in [0.1, 0.15) is 12.5 Å². The fourth-order valence-corrected chi connectivity index (χ4v) is 2.57. The molecule has 25 heavy (non-hydrogen) atoms. The van der Waals surface area contributed by atoms with E-state index in [-0.39, 0.29) is 0 Å². The molecule has 128 valence electrons. The van der Waals surface area contributed by atoms with Gasteiger partial charge < -0.3 is 21.2 Å². The third kappa shape index (κ3) is 3.56. The molecule has 3 aromatic rings. The fraction of sp³-hybridized carbons (Fsp3) is 0.118. The first-order chi connectivity index (χ1) is 12.1. The van der Waals surface area contributed by atoms with Crippen LogP contribution in [0.3, 0.4) is 0 Å². The van der Waals surface area contributed by atoms with Gasteiger partial charge in [0, 0.05) is 23.0 Å². The van der Waals surface area contributed by atoms with E-state index in [2.05, 4.69) is 20.5 Å². The molecular weight excluding hydrogens is 340 g/mol. The van der Waals surface area contributed by atoms with Crippen molar-refractivity contribution in [2.45, 2.75) is 6.92 Å². The Morgan fingerprint density at radius 1 is 1.28 bits per heavy atom. The SMILES string of the molecule is CCOc1ccc(-c2nc(Nc3ccc(N)c(C=N)c3Cl)n[nH]2)cc1. The van der Waals surface area contributed by atoms with Crippen molar-refractivity contribution in [3.05, 3.63) is 47.0 Å². The van der Waals surface area contributed by atoms with Crippen molar-refractivity contribution < 1.29 is 4.74 Å². The number of ether oxygens (including phenoxy) is 1. The van der Waals surface area contributed by atoms with Gasteiger partial charge in [-0.25, -0.2) is 0 Å². The number of aromatic amines is 1. The summed E-state index contributed by atoms with van der Waals surface area (Å²) in [5.74, 6) is 1.79. The molecule has 0 saturated carbocycles. The number of nitrogens with two attached hydrogens (primary N) is 1. The van der Waals surface area contributed by atoms with Crippen LogP contribution in [0.25, 0.3) is 11.4 Å². The van der Waals surface area contributed by atoms with E-state index in [1.54, 1.807) is 12.1 Å². The number of benzene rings is 2. The standard InChI is InChI=1S/C17H17ClN6O/c1-2-25-11-5-3-10(4-6-11)16-22-17(24-23-16)21-14-8-7-13(20)12(9-19)15(14)18/h3-9,19H,2,20H2,1H3,(H2,21,22,23,24). The normalized spacial score (nSPS) is 10.5. The van der Waals surface area contributed by atoms with Crippen molar-refractivity contribution in [1.82, 2.24) is 15.2 Å². The highest BCUT2D eigenvalue weighted by molar-refractivity contribution is 6.36. The van der Waals surface area contributed by atoms with Crippen LogP contribution in [-0.4, -0.2) is 28.0 Å². The number of aromatic nitrogens is 3. The second kappa shape index (κ2) is 7.23. The Morgan fingerprint density at radius 2 is 2.04 bits per heavy atom. The molecule has 0 fully saturated rings. The quantitative estimate of drug-likeness (QED) is 0.396. The number of nitrogens with zero attached hydrogens (tertiary/aromatic N) is 2. The maximum Gasteiger partial charge on any atom is 0.246 e. The van der Waals surface area contributed by atoms with Crippen LogP contribution in [-0.2, 0) is 0 Å². The first-order valence-electron chi connectivity index (χ1n) is 7.63. The summed E-state index contributed by atoms with van der Waals surface area (Å²) in [5.41, 5.74) is 8.15. The Bertz CT molecular complexity index is 891. The van der Waals surface area contributed by atoms with Crippen molar-refractivity contribution in [3.8, 4) is 17.1 Å². The van der Waals surface area contributed by atoms with E-state index >= 15 is 0 Å². The smallest absolute Gasteiger partial charge is 0.246 e. The minimum absolute atomic E-state index is 0.349. The summed E-state index contributed by atoms with van der Waals surface area (Å²) in [4.78, 5) is 4.40. The number of nitrogens with one attached hydrogen (secondary N) is 3. The lowest BCUT2D eigenvalue weighted by Gasteiger charge is -2.09. The summed E-state index contributed by atoms with van der Waals surface area (Å²) in [6.45, 7) is 2.56. The molecule has 1 aromatic heterocycles. The molecule has 0 unspecified atom stereocenters. The van der Waals surface area contributed by atoms with Gasteiger partial charge in [-0.15, -0.1) is 5.10 Å². The monoisotopic (exact) mass is 356 g/mol. The predicted octanol–water partition coefficient (Wildman–Crippen LogP) is 3.85. The summed E-state index contributed by atoms with van der Waals surface area (Å²) < 4.78 is 5.42. The molecule has 0 aliphatic carbocycles. The predicted molar refractivity (Wildman–Crippen MR) is 100 cm³/mol. The van der Waals surface area contributed by atoms with Gasteiger partial charge in [0.1, 0.15) is 5.75 Å². The van der Waals surface area contributed by atoms with E-state index in [0.717, 1.165) is 17.5 Å². The summed E-state index contributed by atoms with van der Waals surface area (Å²) in [5, 5.41) is 17.8. The van der Waals surface area contributed by atoms with Crippen molar-refractivity contribution in [2.24, 2.45) is 0 Å². The highest BCUT2D eigenvalue weighted by atomic mass is 35.5. The van der Waals surface area contributed by atoms with Crippen LogP contribution in [0.2, 0.25) is 5.02 Å². The molecule has 5 N–H and O–H groups in total. The van der Waals surface area contributed by atoms with Gasteiger partial charge in [0.05, 0.1) is 17.3 Å². The van der Waals surface area contributed by atoms with Crippen LogP contribution in [0.5, 0.6) is 5.75 Å². The Kier molecular flexibility index (Phi) is 4.85. The third-order valence-electron chi connectivity index (χ3n) is 3.53. The highest BCUT2D eigenvalue weighted by Gasteiger charge is 2.11. The largest absolute Gasteiger partial charge is 0.494 e. The molecule has 0 bridgehead atoms. The lowest BCUT2D eigenvalue weighted by molar-refractivity contribution is 0.340. The van der Waals surface area contributed by atoms with Crippen molar-refractivity contribution in [3.63, 3.8) is 0 Å². The average Bonchev–Trinajstić information content (AvgIpc) is 3.07. The Morgan fingerprint density at radius 3 is 2.72 bits per heavy atom. The minimum Gasteiger partial charge on any atom is -0.494 e. The molecule has 0 aliphatic rings. The van der Waals surface area contributed by atoms with Gasteiger partial charge >= 0.3 is 0 Å². The number of anilines is 3. The molecule has 0 amide bonds. The molecular formula is C17H17ClN6O. The van der Waals surface area contributed by atoms with Gasteiger partial charge in [-0.2, -0.15) is 4.98 Å². The van der Waals surface area contributed by atoms with Crippen molar-refractivity contribution in [2.75, 3.05) is 17.7 Å². The molecule has 8 heteroatoms. The first-order valence-corrected chi connectivity index (χ1v) is 8.01. The Balaban J connectivity index is 1.81. The van der Waals surface area contributed by atoms with Gasteiger partial charge in [-0.1, -0.05) is 11.6 Å². The molecule has 1 heterocycles. The summed E-state index contributed by atoms with van der Waals surface area (Å²) in [7, 11) is 0. The first kappa shape index (κ1) is 16.8. The van der Waals surface area contributed by atoms with E-state index in [1.807, 2.05) is 31.2 Å². The highest BCUT2D eigenvalue weighted by Crippen LogP contribution is 2.31. The summed E-state index contributed by atoms with van der Waals surface area (Å²) in [6, 6.07) is 11.0. The molecule has 0 aliphatic heterocycles. The van der Waals surface area contributed by atoms with E-state index in [9.17, 15) is 0 Å². The maximum absolute atomic E-state index is 7.40. The van der Waals surface area contributed by atoms with Gasteiger partial charge in [0.2, 0.25) is 5.95 Å².